The van der Waals surface area contributed by atoms with Crippen LogP contribution in [0.4, 0.5) is 0 Å². The van der Waals surface area contributed by atoms with Crippen LogP contribution in [0.25, 0.3) is 16.3 Å². The molecule has 8 heteroatoms. The number of benzene rings is 1. The van der Waals surface area contributed by atoms with E-state index in [2.05, 4.69) is 10.4 Å². The average Bonchev–Trinajstić information content (AvgIpc) is 3.36. The molecule has 27 heavy (non-hydrogen) atoms. The van der Waals surface area contributed by atoms with E-state index in [1.165, 1.54) is 16.0 Å². The van der Waals surface area contributed by atoms with Crippen molar-refractivity contribution in [3.8, 4) is 16.3 Å². The molecule has 0 aliphatic heterocycles. The van der Waals surface area contributed by atoms with Crippen LogP contribution in [0.3, 0.4) is 0 Å². The Bertz CT molecular complexity index is 891. The number of carbonyl (C=O) groups excluding carboxylic acids is 2. The molecule has 0 saturated carbocycles. The van der Waals surface area contributed by atoms with Crippen LogP contribution in [0.1, 0.15) is 10.5 Å². The lowest BCUT2D eigenvalue weighted by atomic mass is 10.3. The number of para-hydroxylation sites is 1. The van der Waals surface area contributed by atoms with Crippen LogP contribution in [0.15, 0.2) is 53.9 Å². The number of hydrogen-bond acceptors (Lipinski definition) is 6. The first kappa shape index (κ1) is 18.8. The van der Waals surface area contributed by atoms with Crippen LogP contribution in [-0.4, -0.2) is 48.5 Å². The summed E-state index contributed by atoms with van der Waals surface area (Å²) < 4.78 is 11.5. The van der Waals surface area contributed by atoms with Crippen LogP contribution in [0, 0.1) is 0 Å². The first-order valence-electron chi connectivity index (χ1n) is 8.31. The van der Waals surface area contributed by atoms with E-state index >= 15 is 0 Å². The summed E-state index contributed by atoms with van der Waals surface area (Å²) in [5.41, 5.74) is 1.66. The van der Waals surface area contributed by atoms with Crippen molar-refractivity contribution in [1.29, 1.82) is 0 Å². The number of methoxy groups -OCH3 is 1. The number of nitrogens with one attached hydrogen (secondary N) is 1. The highest BCUT2D eigenvalue weighted by Crippen LogP contribution is 2.26. The number of esters is 1. The van der Waals surface area contributed by atoms with Gasteiger partial charge in [-0.3, -0.25) is 4.79 Å². The molecule has 140 valence electrons. The minimum Gasteiger partial charge on any atom is -0.451 e. The minimum absolute atomic E-state index is 0.259. The average molecular weight is 385 g/mol. The Morgan fingerprint density at radius 3 is 2.70 bits per heavy atom. The molecule has 2 aromatic heterocycles. The van der Waals surface area contributed by atoms with Gasteiger partial charge in [-0.1, -0.05) is 24.3 Å². The number of nitrogens with zero attached hydrogens (tertiary/aromatic N) is 2. The second kappa shape index (κ2) is 9.11. The van der Waals surface area contributed by atoms with E-state index in [0.29, 0.717) is 18.8 Å². The van der Waals surface area contributed by atoms with Gasteiger partial charge in [0.1, 0.15) is 5.69 Å². The van der Waals surface area contributed by atoms with Gasteiger partial charge in [0, 0.05) is 19.7 Å². The standard InChI is InChI=1S/C19H19N3O4S/c1-25-10-9-20-18(23)13-26-19(24)16-12-15(17-8-5-11-27-17)21-22(16)14-6-3-2-4-7-14/h2-8,11-12H,9-10,13H2,1H3,(H,20,23). The third-order valence-electron chi connectivity index (χ3n) is 3.66. The van der Waals surface area contributed by atoms with Gasteiger partial charge in [0.05, 0.1) is 17.2 Å². The fraction of sp³-hybridized carbons (Fsp3) is 0.211. The zero-order valence-corrected chi connectivity index (χ0v) is 15.6. The lowest BCUT2D eigenvalue weighted by Crippen LogP contribution is -2.31. The maximum absolute atomic E-state index is 12.6. The number of aromatic nitrogens is 2. The summed E-state index contributed by atoms with van der Waals surface area (Å²) >= 11 is 1.53. The maximum Gasteiger partial charge on any atom is 0.357 e. The van der Waals surface area contributed by atoms with Crippen LogP contribution < -0.4 is 5.32 Å². The molecular weight excluding hydrogens is 366 g/mol. The van der Waals surface area contributed by atoms with Gasteiger partial charge >= 0.3 is 5.97 Å². The van der Waals surface area contributed by atoms with Gasteiger partial charge in [-0.15, -0.1) is 11.3 Å². The van der Waals surface area contributed by atoms with Crippen molar-refractivity contribution in [2.45, 2.75) is 0 Å². The van der Waals surface area contributed by atoms with Crippen molar-refractivity contribution in [3.05, 3.63) is 59.6 Å². The molecule has 0 bridgehead atoms. The van der Waals surface area contributed by atoms with E-state index < -0.39 is 5.97 Å². The first-order valence-corrected chi connectivity index (χ1v) is 9.19. The summed E-state index contributed by atoms with van der Waals surface area (Å²) in [6, 6.07) is 14.8. The number of thiophene rings is 1. The Morgan fingerprint density at radius 2 is 2.00 bits per heavy atom. The van der Waals surface area contributed by atoms with E-state index in [0.717, 1.165) is 10.6 Å². The predicted molar refractivity (Wildman–Crippen MR) is 102 cm³/mol. The summed E-state index contributed by atoms with van der Waals surface area (Å²) in [5, 5.41) is 9.09. The third-order valence-corrected chi connectivity index (χ3v) is 4.55. The normalized spacial score (nSPS) is 10.6. The fourth-order valence-corrected chi connectivity index (χ4v) is 3.07. The summed E-state index contributed by atoms with van der Waals surface area (Å²) in [6.07, 6.45) is 0. The largest absolute Gasteiger partial charge is 0.451 e. The smallest absolute Gasteiger partial charge is 0.357 e. The summed E-state index contributed by atoms with van der Waals surface area (Å²) in [7, 11) is 1.54. The van der Waals surface area contributed by atoms with Gasteiger partial charge in [-0.25, -0.2) is 9.48 Å². The molecule has 1 N–H and O–H groups in total. The molecule has 0 unspecified atom stereocenters. The molecule has 0 radical (unpaired) electrons. The zero-order valence-electron chi connectivity index (χ0n) is 14.8. The van der Waals surface area contributed by atoms with Crippen molar-refractivity contribution < 1.29 is 19.1 Å². The molecule has 0 saturated heterocycles. The Hall–Kier alpha value is -2.97. The van der Waals surface area contributed by atoms with Crippen molar-refractivity contribution >= 4 is 23.2 Å². The number of carbonyl (C=O) groups is 2. The van der Waals surface area contributed by atoms with Crippen molar-refractivity contribution in [1.82, 2.24) is 15.1 Å². The van der Waals surface area contributed by atoms with Crippen molar-refractivity contribution in [2.75, 3.05) is 26.9 Å². The molecule has 0 fully saturated rings. The molecule has 0 spiro atoms. The number of rotatable bonds is 8. The summed E-state index contributed by atoms with van der Waals surface area (Å²) in [4.78, 5) is 25.2. The lowest BCUT2D eigenvalue weighted by Gasteiger charge is -2.08. The van der Waals surface area contributed by atoms with E-state index in [1.807, 2.05) is 47.8 Å². The molecule has 1 aromatic carbocycles. The first-order chi connectivity index (χ1) is 13.2. The Labute approximate surface area is 160 Å². The van der Waals surface area contributed by atoms with E-state index in [1.54, 1.807) is 13.2 Å². The van der Waals surface area contributed by atoms with Crippen molar-refractivity contribution in [3.63, 3.8) is 0 Å². The highest BCUT2D eigenvalue weighted by atomic mass is 32.1. The quantitative estimate of drug-likeness (QED) is 0.476. The van der Waals surface area contributed by atoms with E-state index in [9.17, 15) is 9.59 Å². The molecule has 2 heterocycles. The Kier molecular flexibility index (Phi) is 6.35. The lowest BCUT2D eigenvalue weighted by molar-refractivity contribution is -0.124. The molecule has 3 rings (SSSR count). The summed E-state index contributed by atoms with van der Waals surface area (Å²) in [6.45, 7) is 0.388. The number of hydrogen-bond donors (Lipinski definition) is 1. The SMILES string of the molecule is COCCNC(=O)COC(=O)c1cc(-c2cccs2)nn1-c1ccccc1. The Morgan fingerprint density at radius 1 is 1.19 bits per heavy atom. The third kappa shape index (κ3) is 4.81. The van der Waals surface area contributed by atoms with Crippen LogP contribution in [-0.2, 0) is 14.3 Å². The van der Waals surface area contributed by atoms with Gasteiger partial charge in [0.15, 0.2) is 12.3 Å². The highest BCUT2D eigenvalue weighted by Gasteiger charge is 2.20. The van der Waals surface area contributed by atoms with Gasteiger partial charge in [-0.2, -0.15) is 5.10 Å². The minimum atomic E-state index is -0.615. The maximum atomic E-state index is 12.6. The highest BCUT2D eigenvalue weighted by molar-refractivity contribution is 7.13. The predicted octanol–water partition coefficient (Wildman–Crippen LogP) is 2.52. The molecule has 3 aromatic rings. The van der Waals surface area contributed by atoms with Gasteiger partial charge in [-0.05, 0) is 23.6 Å². The van der Waals surface area contributed by atoms with E-state index in [-0.39, 0.29) is 18.2 Å². The zero-order chi connectivity index (χ0) is 19.1. The fourth-order valence-electron chi connectivity index (χ4n) is 2.39. The molecule has 7 nitrogen and oxygen atoms in total. The van der Waals surface area contributed by atoms with Crippen molar-refractivity contribution in [2.24, 2.45) is 0 Å². The molecule has 1 amide bonds. The topological polar surface area (TPSA) is 82.4 Å². The Balaban J connectivity index is 1.79. The second-order valence-corrected chi connectivity index (χ2v) is 6.51. The summed E-state index contributed by atoms with van der Waals surface area (Å²) in [5.74, 6) is -0.999. The number of ether oxygens (including phenoxy) is 2. The van der Waals surface area contributed by atoms with Crippen LogP contribution in [0.2, 0.25) is 0 Å². The van der Waals surface area contributed by atoms with Crippen LogP contribution in [0.5, 0.6) is 0 Å². The van der Waals surface area contributed by atoms with Gasteiger partial charge < -0.3 is 14.8 Å². The van der Waals surface area contributed by atoms with Crippen LogP contribution >= 0.6 is 11.3 Å². The van der Waals surface area contributed by atoms with E-state index in [4.69, 9.17) is 9.47 Å². The molecule has 0 aliphatic rings. The number of amides is 1. The molecule has 0 atom stereocenters. The van der Waals surface area contributed by atoms with Gasteiger partial charge in [0.25, 0.3) is 5.91 Å². The second-order valence-electron chi connectivity index (χ2n) is 5.56. The molecular formula is C19H19N3O4S. The molecule has 0 aliphatic carbocycles. The van der Waals surface area contributed by atoms with Gasteiger partial charge in [0.2, 0.25) is 0 Å². The monoisotopic (exact) mass is 385 g/mol.